The topological polar surface area (TPSA) is 84.1 Å². The Morgan fingerprint density at radius 3 is 3.20 bits per heavy atom. The predicted octanol–water partition coefficient (Wildman–Crippen LogP) is -1.26. The van der Waals surface area contributed by atoms with E-state index in [1.807, 2.05) is 11.0 Å². The van der Waals surface area contributed by atoms with Gasteiger partial charge in [-0.15, -0.1) is 5.10 Å². The van der Waals surface area contributed by atoms with Gasteiger partial charge in [0.15, 0.2) is 5.82 Å². The van der Waals surface area contributed by atoms with Crippen LogP contribution >= 0.6 is 0 Å². The van der Waals surface area contributed by atoms with Gasteiger partial charge >= 0.3 is 0 Å². The van der Waals surface area contributed by atoms with Crippen LogP contribution in [0.4, 0.5) is 5.82 Å². The number of aromatic nitrogens is 2. The smallest absolute Gasteiger partial charge is 0.241 e. The molecule has 1 aromatic rings. The quantitative estimate of drug-likeness (QED) is 0.632. The molecule has 80 valence electrons. The molecule has 0 bridgehead atoms. The van der Waals surface area contributed by atoms with E-state index in [0.717, 1.165) is 6.54 Å². The normalized spacial score (nSPS) is 21.3. The summed E-state index contributed by atoms with van der Waals surface area (Å²) in [7, 11) is 0. The first kappa shape index (κ1) is 9.85. The standard InChI is InChI=1S/C9H13N5O/c10-9(15)7-6-11-4-5-14(7)8-2-1-3-12-13-8/h1-3,7,11H,4-6H2,(H2,10,15). The number of piperazine rings is 1. The average molecular weight is 207 g/mol. The zero-order valence-corrected chi connectivity index (χ0v) is 8.26. The molecule has 3 N–H and O–H groups in total. The second-order valence-electron chi connectivity index (χ2n) is 3.40. The van der Waals surface area contributed by atoms with Gasteiger partial charge in [-0.1, -0.05) is 0 Å². The second kappa shape index (κ2) is 4.22. The summed E-state index contributed by atoms with van der Waals surface area (Å²) in [4.78, 5) is 13.1. The molecule has 1 fully saturated rings. The molecule has 1 aliphatic heterocycles. The van der Waals surface area contributed by atoms with Crippen LogP contribution in [0.15, 0.2) is 18.3 Å². The summed E-state index contributed by atoms with van der Waals surface area (Å²) in [5, 5.41) is 10.9. The van der Waals surface area contributed by atoms with Crippen molar-refractivity contribution in [1.82, 2.24) is 15.5 Å². The number of hydrogen-bond acceptors (Lipinski definition) is 5. The minimum Gasteiger partial charge on any atom is -0.368 e. The summed E-state index contributed by atoms with van der Waals surface area (Å²) in [5.41, 5.74) is 5.33. The fraction of sp³-hybridized carbons (Fsp3) is 0.444. The third-order valence-electron chi connectivity index (χ3n) is 2.42. The Balaban J connectivity index is 2.22. The highest BCUT2D eigenvalue weighted by molar-refractivity contribution is 5.83. The van der Waals surface area contributed by atoms with E-state index in [4.69, 9.17) is 5.73 Å². The van der Waals surface area contributed by atoms with Gasteiger partial charge in [-0.2, -0.15) is 5.10 Å². The first-order valence-electron chi connectivity index (χ1n) is 4.83. The number of nitrogens with one attached hydrogen (secondary N) is 1. The van der Waals surface area contributed by atoms with E-state index in [2.05, 4.69) is 15.5 Å². The molecule has 2 heterocycles. The average Bonchev–Trinajstić information content (AvgIpc) is 2.30. The highest BCUT2D eigenvalue weighted by Gasteiger charge is 2.27. The van der Waals surface area contributed by atoms with Gasteiger partial charge in [0.1, 0.15) is 6.04 Å². The van der Waals surface area contributed by atoms with E-state index in [1.165, 1.54) is 0 Å². The number of nitrogens with two attached hydrogens (primary N) is 1. The van der Waals surface area contributed by atoms with Gasteiger partial charge in [-0.05, 0) is 12.1 Å². The molecule has 2 rings (SSSR count). The zero-order valence-electron chi connectivity index (χ0n) is 8.26. The highest BCUT2D eigenvalue weighted by atomic mass is 16.1. The number of nitrogens with zero attached hydrogens (tertiary/aromatic N) is 3. The first-order valence-corrected chi connectivity index (χ1v) is 4.83. The maximum absolute atomic E-state index is 11.2. The lowest BCUT2D eigenvalue weighted by Crippen LogP contribution is -2.57. The number of rotatable bonds is 2. The second-order valence-corrected chi connectivity index (χ2v) is 3.40. The Labute approximate surface area is 87.5 Å². The molecular weight excluding hydrogens is 194 g/mol. The van der Waals surface area contributed by atoms with Crippen LogP contribution < -0.4 is 16.0 Å². The van der Waals surface area contributed by atoms with Crippen LogP contribution in [-0.2, 0) is 4.79 Å². The molecule has 1 atom stereocenters. The van der Waals surface area contributed by atoms with E-state index in [-0.39, 0.29) is 11.9 Å². The van der Waals surface area contributed by atoms with Crippen LogP contribution in [0.1, 0.15) is 0 Å². The maximum atomic E-state index is 11.2. The van der Waals surface area contributed by atoms with Crippen molar-refractivity contribution >= 4 is 11.7 Å². The molecular formula is C9H13N5O. The van der Waals surface area contributed by atoms with Crippen molar-refractivity contribution < 1.29 is 4.79 Å². The molecule has 0 aliphatic carbocycles. The van der Waals surface area contributed by atoms with Gasteiger partial charge < -0.3 is 16.0 Å². The number of anilines is 1. The van der Waals surface area contributed by atoms with Crippen LogP contribution in [-0.4, -0.2) is 41.8 Å². The van der Waals surface area contributed by atoms with E-state index in [0.29, 0.717) is 18.9 Å². The highest BCUT2D eigenvalue weighted by Crippen LogP contribution is 2.13. The van der Waals surface area contributed by atoms with Gasteiger partial charge in [-0.3, -0.25) is 4.79 Å². The van der Waals surface area contributed by atoms with E-state index in [9.17, 15) is 4.79 Å². The van der Waals surface area contributed by atoms with Gasteiger partial charge in [0.2, 0.25) is 5.91 Å². The molecule has 6 nitrogen and oxygen atoms in total. The fourth-order valence-corrected chi connectivity index (χ4v) is 1.68. The third kappa shape index (κ3) is 2.04. The van der Waals surface area contributed by atoms with Crippen molar-refractivity contribution in [2.75, 3.05) is 24.5 Å². The summed E-state index contributed by atoms with van der Waals surface area (Å²) >= 11 is 0. The third-order valence-corrected chi connectivity index (χ3v) is 2.42. The Morgan fingerprint density at radius 1 is 1.67 bits per heavy atom. The van der Waals surface area contributed by atoms with Crippen molar-refractivity contribution in [3.8, 4) is 0 Å². The minimum absolute atomic E-state index is 0.338. The van der Waals surface area contributed by atoms with E-state index < -0.39 is 0 Å². The van der Waals surface area contributed by atoms with Crippen LogP contribution in [0, 0.1) is 0 Å². The van der Waals surface area contributed by atoms with Crippen molar-refractivity contribution in [3.63, 3.8) is 0 Å². The Bertz CT molecular complexity index is 342. The number of carbonyl (C=O) groups is 1. The van der Waals surface area contributed by atoms with Crippen LogP contribution in [0.2, 0.25) is 0 Å². The largest absolute Gasteiger partial charge is 0.368 e. The summed E-state index contributed by atoms with van der Waals surface area (Å²) in [5.74, 6) is 0.357. The zero-order chi connectivity index (χ0) is 10.7. The van der Waals surface area contributed by atoms with Crippen LogP contribution in [0.5, 0.6) is 0 Å². The van der Waals surface area contributed by atoms with E-state index >= 15 is 0 Å². The molecule has 1 aliphatic rings. The number of primary amides is 1. The molecule has 1 unspecified atom stereocenters. The van der Waals surface area contributed by atoms with E-state index in [1.54, 1.807) is 12.3 Å². The Hall–Kier alpha value is -1.69. The van der Waals surface area contributed by atoms with Crippen molar-refractivity contribution in [2.45, 2.75) is 6.04 Å². The lowest BCUT2D eigenvalue weighted by atomic mass is 10.2. The SMILES string of the molecule is NC(=O)C1CNCCN1c1cccnn1. The summed E-state index contributed by atoms with van der Waals surface area (Å²) < 4.78 is 0. The molecule has 0 radical (unpaired) electrons. The van der Waals surface area contributed by atoms with Gasteiger partial charge in [0.25, 0.3) is 0 Å². The first-order chi connectivity index (χ1) is 7.29. The Morgan fingerprint density at radius 2 is 2.53 bits per heavy atom. The van der Waals surface area contributed by atoms with Crippen LogP contribution in [0.25, 0.3) is 0 Å². The fourth-order valence-electron chi connectivity index (χ4n) is 1.68. The number of carbonyl (C=O) groups excluding carboxylic acids is 1. The molecule has 0 saturated carbocycles. The number of hydrogen-bond donors (Lipinski definition) is 2. The molecule has 1 saturated heterocycles. The molecule has 0 spiro atoms. The van der Waals surface area contributed by atoms with Gasteiger partial charge in [0, 0.05) is 25.8 Å². The lowest BCUT2D eigenvalue weighted by molar-refractivity contribution is -0.119. The Kier molecular flexibility index (Phi) is 2.77. The predicted molar refractivity (Wildman–Crippen MR) is 55.2 cm³/mol. The van der Waals surface area contributed by atoms with Crippen molar-refractivity contribution in [1.29, 1.82) is 0 Å². The lowest BCUT2D eigenvalue weighted by Gasteiger charge is -2.34. The molecule has 1 aromatic heterocycles. The molecule has 6 heteroatoms. The van der Waals surface area contributed by atoms with Crippen LogP contribution in [0.3, 0.4) is 0 Å². The summed E-state index contributed by atoms with van der Waals surface area (Å²) in [6.07, 6.45) is 1.60. The minimum atomic E-state index is -0.340. The van der Waals surface area contributed by atoms with Gasteiger partial charge in [0.05, 0.1) is 0 Å². The maximum Gasteiger partial charge on any atom is 0.241 e. The molecule has 15 heavy (non-hydrogen) atoms. The summed E-state index contributed by atoms with van der Waals surface area (Å²) in [6.45, 7) is 2.10. The summed E-state index contributed by atoms with van der Waals surface area (Å²) in [6, 6.07) is 3.28. The monoisotopic (exact) mass is 207 g/mol. The molecule has 1 amide bonds. The number of amides is 1. The van der Waals surface area contributed by atoms with Crippen molar-refractivity contribution in [2.24, 2.45) is 5.73 Å². The van der Waals surface area contributed by atoms with Crippen molar-refractivity contribution in [3.05, 3.63) is 18.3 Å². The molecule has 0 aromatic carbocycles. The van der Waals surface area contributed by atoms with Gasteiger partial charge in [-0.25, -0.2) is 0 Å².